The Morgan fingerprint density at radius 2 is 2.06 bits per heavy atom. The minimum absolute atomic E-state index is 0.0294. The summed E-state index contributed by atoms with van der Waals surface area (Å²) in [5.41, 5.74) is 3.64. The molecule has 3 rings (SSSR count). The molecule has 1 aromatic heterocycles. The van der Waals surface area contributed by atoms with E-state index in [-0.39, 0.29) is 21.9 Å². The van der Waals surface area contributed by atoms with E-state index in [0.717, 1.165) is 41.8 Å². The Balaban J connectivity index is 1.70. The van der Waals surface area contributed by atoms with Crippen LogP contribution in [0.3, 0.4) is 0 Å². The quantitative estimate of drug-likeness (QED) is 0.209. The van der Waals surface area contributed by atoms with Crippen molar-refractivity contribution in [1.29, 1.82) is 5.26 Å². The lowest BCUT2D eigenvalue weighted by atomic mass is 9.96. The lowest BCUT2D eigenvalue weighted by molar-refractivity contribution is -0.141. The first kappa shape index (κ1) is 26.8. The summed E-state index contributed by atoms with van der Waals surface area (Å²) < 4.78 is 45.1. The first-order valence-electron chi connectivity index (χ1n) is 11.1. The molecule has 0 bridgehead atoms. The van der Waals surface area contributed by atoms with Crippen molar-refractivity contribution in [2.45, 2.75) is 62.0 Å². The fourth-order valence-electron chi connectivity index (χ4n) is 3.80. The summed E-state index contributed by atoms with van der Waals surface area (Å²) in [6, 6.07) is 8.60. The van der Waals surface area contributed by atoms with Gasteiger partial charge in [0.05, 0.1) is 18.9 Å². The van der Waals surface area contributed by atoms with Gasteiger partial charge in [0.15, 0.2) is 5.11 Å². The van der Waals surface area contributed by atoms with Crippen molar-refractivity contribution < 1.29 is 17.9 Å². The number of nitriles is 1. The van der Waals surface area contributed by atoms with Crippen LogP contribution in [0, 0.1) is 18.3 Å². The molecule has 1 aromatic carbocycles. The number of pyridine rings is 1. The van der Waals surface area contributed by atoms with Crippen LogP contribution in [-0.4, -0.2) is 29.5 Å². The van der Waals surface area contributed by atoms with E-state index < -0.39 is 11.9 Å². The molecule has 0 spiro atoms. The van der Waals surface area contributed by atoms with Gasteiger partial charge in [0.25, 0.3) is 0 Å². The van der Waals surface area contributed by atoms with E-state index in [4.69, 9.17) is 17.0 Å². The predicted octanol–water partition coefficient (Wildman–Crippen LogP) is 5.71. The monoisotopic (exact) mass is 521 g/mol. The van der Waals surface area contributed by atoms with Gasteiger partial charge in [0.2, 0.25) is 0 Å². The lowest BCUT2D eigenvalue weighted by Crippen LogP contribution is -2.40. The van der Waals surface area contributed by atoms with Crippen LogP contribution in [0.25, 0.3) is 0 Å². The minimum atomic E-state index is -4.60. The van der Waals surface area contributed by atoms with E-state index in [9.17, 15) is 18.4 Å². The van der Waals surface area contributed by atoms with Gasteiger partial charge in [-0.2, -0.15) is 23.5 Å². The zero-order chi connectivity index (χ0) is 25.4. The number of ether oxygens (including phenoxy) is 1. The number of aromatic nitrogens is 1. The van der Waals surface area contributed by atoms with Crippen LogP contribution in [0.15, 0.2) is 34.4 Å². The molecule has 1 heterocycles. The molecule has 0 unspecified atom stereocenters. The van der Waals surface area contributed by atoms with Gasteiger partial charge in [-0.25, -0.2) is 4.98 Å². The Morgan fingerprint density at radius 1 is 1.31 bits per heavy atom. The molecule has 11 heteroatoms. The Labute approximate surface area is 212 Å². The molecule has 0 atom stereocenters. The average molecular weight is 522 g/mol. The molecule has 1 aliphatic rings. The Bertz CT molecular complexity index is 1130. The predicted molar refractivity (Wildman–Crippen MR) is 135 cm³/mol. The Kier molecular flexibility index (Phi) is 9.34. The molecular formula is C24H26F3N5OS2. The van der Waals surface area contributed by atoms with Crippen molar-refractivity contribution in [1.82, 2.24) is 15.7 Å². The van der Waals surface area contributed by atoms with Crippen LogP contribution >= 0.6 is 24.0 Å². The third-order valence-corrected chi connectivity index (χ3v) is 6.81. The molecule has 2 aromatic rings. The van der Waals surface area contributed by atoms with E-state index in [1.54, 1.807) is 12.3 Å². The van der Waals surface area contributed by atoms with E-state index in [1.165, 1.54) is 33.3 Å². The van der Waals surface area contributed by atoms with Crippen molar-refractivity contribution in [2.75, 3.05) is 7.11 Å². The number of thiocarbonyl (C=S) groups is 1. The fraction of sp³-hybridized carbons (Fsp3) is 0.417. The summed E-state index contributed by atoms with van der Waals surface area (Å²) in [6.45, 7) is 1.47. The van der Waals surface area contributed by atoms with Crippen molar-refractivity contribution >= 4 is 35.3 Å². The Hall–Kier alpha value is -2.84. The van der Waals surface area contributed by atoms with Crippen molar-refractivity contribution in [2.24, 2.45) is 5.10 Å². The van der Waals surface area contributed by atoms with Crippen molar-refractivity contribution in [3.05, 3.63) is 52.2 Å². The summed E-state index contributed by atoms with van der Waals surface area (Å²) in [5.74, 6) is 0.821. The average Bonchev–Trinajstić information content (AvgIpc) is 2.82. The first-order chi connectivity index (χ1) is 16.7. The number of hydrogen-bond donors (Lipinski definition) is 2. The number of aryl methyl sites for hydroxylation is 1. The van der Waals surface area contributed by atoms with Gasteiger partial charge >= 0.3 is 6.18 Å². The summed E-state index contributed by atoms with van der Waals surface area (Å²) in [7, 11) is 1.52. The van der Waals surface area contributed by atoms with E-state index >= 15 is 0 Å². The number of rotatable bonds is 7. The van der Waals surface area contributed by atoms with Crippen LogP contribution in [0.4, 0.5) is 13.2 Å². The highest BCUT2D eigenvalue weighted by Crippen LogP contribution is 2.35. The number of benzene rings is 1. The zero-order valence-corrected chi connectivity index (χ0v) is 21.0. The number of thioether (sulfide) groups is 1. The molecule has 186 valence electrons. The van der Waals surface area contributed by atoms with Crippen LogP contribution in [0.2, 0.25) is 0 Å². The summed E-state index contributed by atoms with van der Waals surface area (Å²) in [4.78, 5) is 3.70. The number of nitrogens with one attached hydrogen (secondary N) is 2. The maximum Gasteiger partial charge on any atom is 0.433 e. The van der Waals surface area contributed by atoms with Gasteiger partial charge < -0.3 is 10.1 Å². The number of alkyl halides is 3. The topological polar surface area (TPSA) is 82.3 Å². The highest BCUT2D eigenvalue weighted by Gasteiger charge is 2.34. The maximum absolute atomic E-state index is 13.2. The molecule has 1 saturated carbocycles. The molecular weight excluding hydrogens is 495 g/mol. The lowest BCUT2D eigenvalue weighted by Gasteiger charge is -2.23. The second kappa shape index (κ2) is 12.2. The molecule has 0 amide bonds. The van der Waals surface area contributed by atoms with Gasteiger partial charge in [0, 0.05) is 17.4 Å². The Morgan fingerprint density at radius 3 is 2.71 bits per heavy atom. The van der Waals surface area contributed by atoms with Gasteiger partial charge in [-0.3, -0.25) is 5.43 Å². The summed E-state index contributed by atoms with van der Waals surface area (Å²) in [5, 5.41) is 17.4. The highest BCUT2D eigenvalue weighted by atomic mass is 32.2. The highest BCUT2D eigenvalue weighted by molar-refractivity contribution is 7.98. The number of hydrogen-bond acceptors (Lipinski definition) is 6. The number of nitrogens with zero attached hydrogens (tertiary/aromatic N) is 3. The smallest absolute Gasteiger partial charge is 0.433 e. The molecule has 0 saturated heterocycles. The molecule has 1 aliphatic carbocycles. The molecule has 0 radical (unpaired) electrons. The van der Waals surface area contributed by atoms with Crippen molar-refractivity contribution in [3.8, 4) is 11.8 Å². The van der Waals surface area contributed by atoms with Gasteiger partial charge in [-0.15, -0.1) is 11.8 Å². The molecule has 1 fully saturated rings. The first-order valence-corrected chi connectivity index (χ1v) is 12.5. The summed E-state index contributed by atoms with van der Waals surface area (Å²) in [6.07, 6.45) is 2.86. The SMILES string of the molecule is COc1ccc(C=NNC(=S)NC2CCCCC2)cc1CSc1nc(C(F)(F)F)cc(C)c1C#N. The van der Waals surface area contributed by atoms with Gasteiger partial charge in [-0.05, 0) is 67.4 Å². The molecule has 0 aliphatic heterocycles. The normalized spacial score (nSPS) is 14.5. The number of hydrazone groups is 1. The number of halogens is 3. The van der Waals surface area contributed by atoms with Crippen LogP contribution in [-0.2, 0) is 11.9 Å². The van der Waals surface area contributed by atoms with Crippen LogP contribution in [0.1, 0.15) is 60.1 Å². The van der Waals surface area contributed by atoms with E-state index in [0.29, 0.717) is 16.9 Å². The fourth-order valence-corrected chi connectivity index (χ4v) is 5.05. The van der Waals surface area contributed by atoms with E-state index in [1.807, 2.05) is 18.2 Å². The van der Waals surface area contributed by atoms with Gasteiger partial charge in [-0.1, -0.05) is 19.3 Å². The summed E-state index contributed by atoms with van der Waals surface area (Å²) >= 11 is 6.36. The molecule has 35 heavy (non-hydrogen) atoms. The largest absolute Gasteiger partial charge is 0.496 e. The second-order valence-electron chi connectivity index (χ2n) is 8.15. The number of methoxy groups -OCH3 is 1. The van der Waals surface area contributed by atoms with E-state index in [2.05, 4.69) is 20.8 Å². The minimum Gasteiger partial charge on any atom is -0.496 e. The van der Waals surface area contributed by atoms with Crippen molar-refractivity contribution in [3.63, 3.8) is 0 Å². The standard InChI is InChI=1S/C24H26F3N5OS2/c1-15-10-21(24(25,26)27)31-22(19(15)12-28)35-14-17-11-16(8-9-20(17)33-2)13-29-32-23(34)30-18-6-4-3-5-7-18/h8-11,13,18H,3-7,14H2,1-2H3,(H2,30,32,34). The van der Waals surface area contributed by atoms with Crippen LogP contribution in [0.5, 0.6) is 5.75 Å². The zero-order valence-electron chi connectivity index (χ0n) is 19.4. The molecule has 6 nitrogen and oxygen atoms in total. The van der Waals surface area contributed by atoms with Gasteiger partial charge in [0.1, 0.15) is 22.5 Å². The van der Waals surface area contributed by atoms with Crippen LogP contribution < -0.4 is 15.5 Å². The molecule has 2 N–H and O–H groups in total. The second-order valence-corrected chi connectivity index (χ2v) is 9.52. The third kappa shape index (κ3) is 7.57. The third-order valence-electron chi connectivity index (χ3n) is 5.57. The maximum atomic E-state index is 13.2.